The molecule has 0 radical (unpaired) electrons. The predicted molar refractivity (Wildman–Crippen MR) is 170 cm³/mol. The number of hydrogen-bond acceptors (Lipinski definition) is 19. The van der Waals surface area contributed by atoms with E-state index in [-0.39, 0.29) is 11.5 Å². The third-order valence-corrected chi connectivity index (χ3v) is 7.38. The number of ketones is 1. The van der Waals surface area contributed by atoms with E-state index in [2.05, 4.69) is 0 Å². The van der Waals surface area contributed by atoms with Crippen molar-refractivity contribution >= 4 is 47.6 Å². The van der Waals surface area contributed by atoms with Gasteiger partial charge < -0.3 is 52.1 Å². The third kappa shape index (κ3) is 12.5. The van der Waals surface area contributed by atoms with Gasteiger partial charge in [-0.15, -0.1) is 0 Å². The van der Waals surface area contributed by atoms with E-state index in [0.717, 1.165) is 48.5 Å². The van der Waals surface area contributed by atoms with Crippen molar-refractivity contribution in [1.29, 1.82) is 0 Å². The first kappa shape index (κ1) is 42.3. The minimum Gasteiger partial charge on any atom is -0.463 e. The van der Waals surface area contributed by atoms with Gasteiger partial charge in [0.05, 0.1) is 6.61 Å². The average molecular weight is 755 g/mol. The van der Waals surface area contributed by atoms with Crippen LogP contribution in [-0.2, 0) is 80.9 Å². The monoisotopic (exact) mass is 754 g/mol. The zero-order valence-corrected chi connectivity index (χ0v) is 30.3. The topological polar surface area (TPSA) is 238 Å². The lowest BCUT2D eigenvalue weighted by Crippen LogP contribution is -2.65. The molecule has 0 bridgehead atoms. The molecule has 0 aromatic heterocycles. The maximum absolute atomic E-state index is 12.4. The van der Waals surface area contributed by atoms with E-state index in [4.69, 9.17) is 52.1 Å². The van der Waals surface area contributed by atoms with Crippen molar-refractivity contribution in [3.63, 3.8) is 0 Å². The smallest absolute Gasteiger partial charge is 0.303 e. The van der Waals surface area contributed by atoms with Crippen LogP contribution in [0.2, 0.25) is 0 Å². The highest BCUT2D eigenvalue weighted by molar-refractivity contribution is 5.94. The maximum Gasteiger partial charge on any atom is 0.303 e. The quantitative estimate of drug-likeness (QED) is 0.146. The van der Waals surface area contributed by atoms with Crippen molar-refractivity contribution in [3.8, 4) is 5.75 Å². The van der Waals surface area contributed by atoms with Gasteiger partial charge in [0.1, 0.15) is 24.6 Å². The first-order chi connectivity index (χ1) is 24.9. The fraction of sp³-hybridized carbons (Fsp3) is 0.588. The van der Waals surface area contributed by atoms with E-state index in [1.165, 1.54) is 31.2 Å². The molecule has 2 heterocycles. The maximum atomic E-state index is 12.4. The number of Topliss-reactive ketones (excluding diaryl/α,β-unsaturated/α-hetero) is 1. The van der Waals surface area contributed by atoms with Crippen LogP contribution in [-0.4, -0.2) is 122 Å². The molecule has 2 saturated heterocycles. The number of hydrogen-bond donors (Lipinski definition) is 0. The zero-order chi connectivity index (χ0) is 39.6. The van der Waals surface area contributed by atoms with E-state index in [1.807, 2.05) is 0 Å². The molecular formula is C34H42O19. The summed E-state index contributed by atoms with van der Waals surface area (Å²) in [4.78, 5) is 97.1. The molecule has 0 saturated carbocycles. The van der Waals surface area contributed by atoms with Crippen LogP contribution in [0.25, 0.3) is 0 Å². The second-order valence-electron chi connectivity index (χ2n) is 11.9. The highest BCUT2D eigenvalue weighted by Gasteiger charge is 2.56. The van der Waals surface area contributed by atoms with Gasteiger partial charge in [0, 0.05) is 54.0 Å². The molecule has 10 atom stereocenters. The van der Waals surface area contributed by atoms with Gasteiger partial charge in [-0.2, -0.15) is 0 Å². The van der Waals surface area contributed by atoms with E-state index < -0.39 is 116 Å². The highest BCUT2D eigenvalue weighted by Crippen LogP contribution is 2.34. The molecule has 0 aliphatic carbocycles. The Morgan fingerprint density at radius 2 is 0.849 bits per heavy atom. The summed E-state index contributed by atoms with van der Waals surface area (Å²) in [5.41, 5.74) is 0.363. The highest BCUT2D eigenvalue weighted by atomic mass is 16.8. The van der Waals surface area contributed by atoms with Gasteiger partial charge >= 0.3 is 41.8 Å². The first-order valence-electron chi connectivity index (χ1n) is 16.2. The van der Waals surface area contributed by atoms with Crippen LogP contribution in [0.4, 0.5) is 0 Å². The predicted octanol–water partition coefficient (Wildman–Crippen LogP) is 0.888. The molecule has 0 unspecified atom stereocenters. The molecule has 292 valence electrons. The molecule has 3 rings (SSSR count). The molecule has 19 heteroatoms. The van der Waals surface area contributed by atoms with Crippen LogP contribution >= 0.6 is 0 Å². The third-order valence-electron chi connectivity index (χ3n) is 7.38. The van der Waals surface area contributed by atoms with Crippen molar-refractivity contribution in [1.82, 2.24) is 0 Å². The Labute approximate surface area is 303 Å². The number of benzene rings is 1. The zero-order valence-electron chi connectivity index (χ0n) is 30.3. The van der Waals surface area contributed by atoms with Crippen LogP contribution in [0.5, 0.6) is 5.75 Å². The van der Waals surface area contributed by atoms with Crippen molar-refractivity contribution < 1.29 is 90.5 Å². The van der Waals surface area contributed by atoms with Gasteiger partial charge in [0.25, 0.3) is 0 Å². The average Bonchev–Trinajstić information content (AvgIpc) is 3.03. The van der Waals surface area contributed by atoms with E-state index >= 15 is 0 Å². The summed E-state index contributed by atoms with van der Waals surface area (Å²) in [5, 5.41) is 0. The lowest BCUT2D eigenvalue weighted by molar-refractivity contribution is -0.327. The van der Waals surface area contributed by atoms with E-state index in [9.17, 15) is 38.4 Å². The largest absolute Gasteiger partial charge is 0.463 e. The van der Waals surface area contributed by atoms with E-state index in [1.54, 1.807) is 0 Å². The number of rotatable bonds is 14. The molecule has 1 aromatic rings. The van der Waals surface area contributed by atoms with Crippen LogP contribution < -0.4 is 4.74 Å². The summed E-state index contributed by atoms with van der Waals surface area (Å²) in [7, 11) is 0. The first-order valence-corrected chi connectivity index (χ1v) is 16.2. The minimum absolute atomic E-state index is 0.129. The van der Waals surface area contributed by atoms with Gasteiger partial charge in [-0.3, -0.25) is 38.4 Å². The minimum atomic E-state index is -1.67. The molecule has 19 nitrogen and oxygen atoms in total. The summed E-state index contributed by atoms with van der Waals surface area (Å²) >= 11 is 0. The number of carbonyl (C=O) groups is 8. The Balaban J connectivity index is 2.07. The summed E-state index contributed by atoms with van der Waals surface area (Å²) in [6.07, 6.45) is -15.3. The number of esters is 7. The van der Waals surface area contributed by atoms with Crippen molar-refractivity contribution in [2.45, 2.75) is 117 Å². The van der Waals surface area contributed by atoms with Crippen molar-refractivity contribution in [2.75, 3.05) is 13.2 Å². The molecule has 1 aromatic carbocycles. The molecule has 0 N–H and O–H groups in total. The Morgan fingerprint density at radius 1 is 0.472 bits per heavy atom. The Kier molecular flexibility index (Phi) is 15.2. The number of ether oxygens (including phenoxy) is 11. The Hall–Kier alpha value is -5.14. The van der Waals surface area contributed by atoms with Crippen molar-refractivity contribution in [3.05, 3.63) is 29.8 Å². The molecular weight excluding hydrogens is 712 g/mol. The fourth-order valence-electron chi connectivity index (χ4n) is 5.50. The van der Waals surface area contributed by atoms with Gasteiger partial charge in [-0.1, -0.05) is 0 Å². The van der Waals surface area contributed by atoms with Crippen LogP contribution in [0.3, 0.4) is 0 Å². The summed E-state index contributed by atoms with van der Waals surface area (Å²) < 4.78 is 61.9. The number of carbonyl (C=O) groups excluding carboxylic acids is 8. The van der Waals surface area contributed by atoms with Gasteiger partial charge in [-0.05, 0) is 31.2 Å². The van der Waals surface area contributed by atoms with Crippen LogP contribution in [0.1, 0.15) is 65.7 Å². The fourth-order valence-corrected chi connectivity index (χ4v) is 5.50. The molecule has 2 fully saturated rings. The SMILES string of the molecule is CC(=O)OC[C@@H]1O[C@H](OC[C@@H]2O[C@H](Oc3ccc(C(C)=O)cc3)[C@@H](OC(C)=O)[C@@H](OC(C)=O)[C@@H]2OC(C)=O)[C@@H](OC(C)=O)[C@H](OC(C)=O)[C@H]1OC(C)=O. The molecule has 2 aliphatic heterocycles. The standard InChI is InChI=1S/C34H42O19/c1-15(35)23-9-11-24(12-10-23)51-34-32(50-22(8)42)30(48-20(6)40)28(46-18(4)38)26(53-34)14-44-33-31(49-21(7)41)29(47-19(5)39)27(45-17(3)37)25(52-33)13-43-16(2)36/h9-12,25-34H,13-14H2,1-8H3/t25-,26-,27-,28+,29+,30-,31-,32-,33-,34-/m0/s1. The lowest BCUT2D eigenvalue weighted by Gasteiger charge is -2.46. The van der Waals surface area contributed by atoms with Crippen molar-refractivity contribution in [2.24, 2.45) is 0 Å². The second kappa shape index (κ2) is 19.1. The van der Waals surface area contributed by atoms with Gasteiger partial charge in [0.2, 0.25) is 12.4 Å². The Bertz CT molecular complexity index is 1520. The second-order valence-corrected chi connectivity index (χ2v) is 11.9. The van der Waals surface area contributed by atoms with Crippen LogP contribution in [0.15, 0.2) is 24.3 Å². The Morgan fingerprint density at radius 3 is 1.26 bits per heavy atom. The lowest BCUT2D eigenvalue weighted by atomic mass is 9.97. The molecule has 2 aliphatic rings. The molecule has 0 amide bonds. The van der Waals surface area contributed by atoms with Crippen LogP contribution in [0, 0.1) is 0 Å². The van der Waals surface area contributed by atoms with Gasteiger partial charge in [0.15, 0.2) is 42.6 Å². The summed E-state index contributed by atoms with van der Waals surface area (Å²) in [5.74, 6) is -6.01. The molecule has 0 spiro atoms. The van der Waals surface area contributed by atoms with E-state index in [0.29, 0.717) is 5.56 Å². The normalized spacial score (nSPS) is 27.9. The summed E-state index contributed by atoms with van der Waals surface area (Å²) in [6, 6.07) is 5.81. The van der Waals surface area contributed by atoms with Gasteiger partial charge in [-0.25, -0.2) is 0 Å². The molecule has 53 heavy (non-hydrogen) atoms. The summed E-state index contributed by atoms with van der Waals surface area (Å²) in [6.45, 7) is 7.64.